The average molecular weight is 312 g/mol. The van der Waals surface area contributed by atoms with Gasteiger partial charge in [-0.2, -0.15) is 0 Å². The van der Waals surface area contributed by atoms with Gasteiger partial charge >= 0.3 is 0 Å². The summed E-state index contributed by atoms with van der Waals surface area (Å²) in [5.74, 6) is 1.14. The third-order valence-corrected chi connectivity index (χ3v) is 4.57. The summed E-state index contributed by atoms with van der Waals surface area (Å²) >= 11 is 3.48. The lowest BCUT2D eigenvalue weighted by Gasteiger charge is -2.43. The molecule has 100 valence electrons. The zero-order valence-electron chi connectivity index (χ0n) is 11.7. The Hall–Kier alpha value is -0.610. The van der Waals surface area contributed by atoms with E-state index in [4.69, 9.17) is 0 Å². The number of piperazine rings is 1. The second-order valence-electron chi connectivity index (χ2n) is 5.39. The van der Waals surface area contributed by atoms with Crippen LogP contribution in [0.3, 0.4) is 0 Å². The van der Waals surface area contributed by atoms with Crippen LogP contribution in [0, 0.1) is 6.92 Å². The summed E-state index contributed by atoms with van der Waals surface area (Å²) in [6.45, 7) is 8.84. The SMILES string of the molecule is Cc1cc(CBr)cnc1N1CC(C)N(C)C(C)C1. The Morgan fingerprint density at radius 1 is 1.33 bits per heavy atom. The van der Waals surface area contributed by atoms with Crippen LogP contribution in [0.2, 0.25) is 0 Å². The van der Waals surface area contributed by atoms with Crippen molar-refractivity contribution in [3.8, 4) is 0 Å². The van der Waals surface area contributed by atoms with Crippen LogP contribution in [0.4, 0.5) is 5.82 Å². The van der Waals surface area contributed by atoms with Gasteiger partial charge in [-0.05, 0) is 38.9 Å². The second kappa shape index (κ2) is 5.57. The Morgan fingerprint density at radius 3 is 2.44 bits per heavy atom. The fourth-order valence-corrected chi connectivity index (χ4v) is 2.91. The second-order valence-corrected chi connectivity index (χ2v) is 5.95. The molecule has 2 heterocycles. The molecule has 18 heavy (non-hydrogen) atoms. The van der Waals surface area contributed by atoms with Gasteiger partial charge in [0.15, 0.2) is 0 Å². The Labute approximate surface area is 118 Å². The molecular formula is C14H22BrN3. The number of anilines is 1. The van der Waals surface area contributed by atoms with E-state index < -0.39 is 0 Å². The van der Waals surface area contributed by atoms with Crippen molar-refractivity contribution in [1.29, 1.82) is 0 Å². The molecule has 4 heteroatoms. The molecule has 1 aliphatic heterocycles. The van der Waals surface area contributed by atoms with Crippen molar-refractivity contribution >= 4 is 21.7 Å². The lowest BCUT2D eigenvalue weighted by molar-refractivity contribution is 0.169. The molecule has 1 aliphatic rings. The summed E-state index contributed by atoms with van der Waals surface area (Å²) in [6, 6.07) is 3.38. The lowest BCUT2D eigenvalue weighted by atomic mass is 10.1. The number of aromatic nitrogens is 1. The third kappa shape index (κ3) is 2.69. The van der Waals surface area contributed by atoms with Crippen molar-refractivity contribution in [1.82, 2.24) is 9.88 Å². The molecule has 1 saturated heterocycles. The van der Waals surface area contributed by atoms with Gasteiger partial charge in [-0.3, -0.25) is 4.90 Å². The van der Waals surface area contributed by atoms with E-state index in [-0.39, 0.29) is 0 Å². The van der Waals surface area contributed by atoms with Gasteiger partial charge in [0, 0.05) is 36.7 Å². The number of hydrogen-bond acceptors (Lipinski definition) is 3. The number of aryl methyl sites for hydroxylation is 1. The molecule has 2 rings (SSSR count). The first-order valence-corrected chi connectivity index (χ1v) is 7.63. The van der Waals surface area contributed by atoms with Crippen LogP contribution in [0.1, 0.15) is 25.0 Å². The van der Waals surface area contributed by atoms with E-state index in [1.54, 1.807) is 0 Å². The first-order valence-electron chi connectivity index (χ1n) is 6.51. The van der Waals surface area contributed by atoms with Gasteiger partial charge in [0.05, 0.1) is 0 Å². The van der Waals surface area contributed by atoms with Crippen LogP contribution < -0.4 is 4.90 Å². The monoisotopic (exact) mass is 311 g/mol. The van der Waals surface area contributed by atoms with Crippen LogP contribution in [0.5, 0.6) is 0 Å². The predicted octanol–water partition coefficient (Wildman–Crippen LogP) is 2.81. The molecule has 1 aromatic heterocycles. The van der Waals surface area contributed by atoms with Crippen molar-refractivity contribution in [3.05, 3.63) is 23.4 Å². The number of pyridine rings is 1. The predicted molar refractivity (Wildman–Crippen MR) is 80.5 cm³/mol. The molecule has 2 atom stereocenters. The number of halogens is 1. The Balaban J connectivity index is 2.21. The van der Waals surface area contributed by atoms with E-state index in [1.165, 1.54) is 11.1 Å². The maximum Gasteiger partial charge on any atom is 0.131 e. The highest BCUT2D eigenvalue weighted by atomic mass is 79.9. The van der Waals surface area contributed by atoms with Crippen LogP contribution in [0.15, 0.2) is 12.3 Å². The van der Waals surface area contributed by atoms with Crippen LogP contribution >= 0.6 is 15.9 Å². The molecule has 0 amide bonds. The molecule has 0 aromatic carbocycles. The van der Waals surface area contributed by atoms with E-state index >= 15 is 0 Å². The number of hydrogen-bond donors (Lipinski definition) is 0. The van der Waals surface area contributed by atoms with Gasteiger partial charge in [0.1, 0.15) is 5.82 Å². The van der Waals surface area contributed by atoms with Crippen LogP contribution in [-0.4, -0.2) is 42.1 Å². The molecule has 0 bridgehead atoms. The maximum absolute atomic E-state index is 4.64. The summed E-state index contributed by atoms with van der Waals surface area (Å²) < 4.78 is 0. The topological polar surface area (TPSA) is 19.4 Å². The minimum atomic E-state index is 0.575. The molecule has 3 nitrogen and oxygen atoms in total. The molecule has 0 saturated carbocycles. The molecule has 2 unspecified atom stereocenters. The third-order valence-electron chi connectivity index (χ3n) is 3.92. The van der Waals surface area contributed by atoms with Gasteiger partial charge in [-0.25, -0.2) is 4.98 Å². The largest absolute Gasteiger partial charge is 0.353 e. The standard InChI is InChI=1S/C14H22BrN3/c1-10-5-13(6-15)7-16-14(10)18-8-11(2)17(4)12(3)9-18/h5,7,11-12H,6,8-9H2,1-4H3. The summed E-state index contributed by atoms with van der Waals surface area (Å²) in [6.07, 6.45) is 1.98. The van der Waals surface area contributed by atoms with Crippen LogP contribution in [0.25, 0.3) is 0 Å². The minimum Gasteiger partial charge on any atom is -0.353 e. The fourth-order valence-electron chi connectivity index (χ4n) is 2.61. The minimum absolute atomic E-state index is 0.575. The van der Waals surface area contributed by atoms with Crippen molar-refractivity contribution in [2.24, 2.45) is 0 Å². The summed E-state index contributed by atoms with van der Waals surface area (Å²) in [5, 5.41) is 0.872. The highest BCUT2D eigenvalue weighted by molar-refractivity contribution is 9.08. The van der Waals surface area contributed by atoms with Crippen molar-refractivity contribution in [3.63, 3.8) is 0 Å². The highest BCUT2D eigenvalue weighted by Crippen LogP contribution is 2.23. The Morgan fingerprint density at radius 2 is 1.94 bits per heavy atom. The van der Waals surface area contributed by atoms with Gasteiger partial charge in [-0.15, -0.1) is 0 Å². The number of likely N-dealkylation sites (N-methyl/N-ethyl adjacent to an activating group) is 1. The van der Waals surface area contributed by atoms with Crippen molar-refractivity contribution in [2.45, 2.75) is 38.2 Å². The highest BCUT2D eigenvalue weighted by Gasteiger charge is 2.27. The average Bonchev–Trinajstić information content (AvgIpc) is 2.35. The molecule has 1 fully saturated rings. The zero-order chi connectivity index (χ0) is 13.3. The number of rotatable bonds is 2. The number of nitrogens with zero attached hydrogens (tertiary/aromatic N) is 3. The molecule has 0 N–H and O–H groups in total. The zero-order valence-corrected chi connectivity index (χ0v) is 13.2. The van der Waals surface area contributed by atoms with Crippen LogP contribution in [-0.2, 0) is 5.33 Å². The summed E-state index contributed by atoms with van der Waals surface area (Å²) in [5.41, 5.74) is 2.52. The molecule has 0 aliphatic carbocycles. The van der Waals surface area contributed by atoms with Gasteiger partial charge in [-0.1, -0.05) is 22.0 Å². The molecule has 1 aromatic rings. The first-order chi connectivity index (χ1) is 8.52. The molecule has 0 radical (unpaired) electrons. The van der Waals surface area contributed by atoms with E-state index in [2.05, 4.69) is 64.6 Å². The lowest BCUT2D eigenvalue weighted by Crippen LogP contribution is -2.55. The van der Waals surface area contributed by atoms with Crippen molar-refractivity contribution in [2.75, 3.05) is 25.0 Å². The van der Waals surface area contributed by atoms with E-state index in [0.717, 1.165) is 24.2 Å². The smallest absolute Gasteiger partial charge is 0.131 e. The van der Waals surface area contributed by atoms with E-state index in [9.17, 15) is 0 Å². The van der Waals surface area contributed by atoms with Gasteiger partial charge < -0.3 is 4.90 Å². The summed E-state index contributed by atoms with van der Waals surface area (Å²) in [7, 11) is 2.21. The van der Waals surface area contributed by atoms with Gasteiger partial charge in [0.25, 0.3) is 0 Å². The molecular weight excluding hydrogens is 290 g/mol. The summed E-state index contributed by atoms with van der Waals surface area (Å²) in [4.78, 5) is 9.51. The molecule has 0 spiro atoms. The normalized spacial score (nSPS) is 25.5. The quantitative estimate of drug-likeness (QED) is 0.783. The van der Waals surface area contributed by atoms with E-state index in [0.29, 0.717) is 12.1 Å². The first kappa shape index (κ1) is 13.8. The Kier molecular flexibility index (Phi) is 4.28. The Bertz CT molecular complexity index is 410. The number of alkyl halides is 1. The van der Waals surface area contributed by atoms with E-state index in [1.807, 2.05) is 6.20 Å². The van der Waals surface area contributed by atoms with Crippen molar-refractivity contribution < 1.29 is 0 Å². The van der Waals surface area contributed by atoms with Gasteiger partial charge in [0.2, 0.25) is 0 Å². The fraction of sp³-hybridized carbons (Fsp3) is 0.643. The maximum atomic E-state index is 4.64.